The molecular formula is C32H37N7O4. The zero-order valence-corrected chi connectivity index (χ0v) is 24.4. The summed E-state index contributed by atoms with van der Waals surface area (Å²) in [7, 11) is 0. The molecule has 0 radical (unpaired) electrons. The number of amidine groups is 1. The Balaban J connectivity index is 1.40. The molecule has 3 aromatic rings. The van der Waals surface area contributed by atoms with E-state index in [1.54, 1.807) is 48.7 Å². The van der Waals surface area contributed by atoms with Gasteiger partial charge in [0.25, 0.3) is 5.91 Å². The van der Waals surface area contributed by atoms with E-state index in [0.29, 0.717) is 58.1 Å². The minimum atomic E-state index is -0.898. The van der Waals surface area contributed by atoms with Gasteiger partial charge in [-0.25, -0.2) is 9.79 Å². The first kappa shape index (κ1) is 30.9. The van der Waals surface area contributed by atoms with Crippen LogP contribution < -0.4 is 22.1 Å². The molecule has 2 aromatic carbocycles. The van der Waals surface area contributed by atoms with E-state index in [2.05, 4.69) is 20.6 Å². The molecule has 1 aromatic heterocycles. The molecule has 0 aliphatic carbocycles. The first-order valence-electron chi connectivity index (χ1n) is 14.2. The molecule has 1 unspecified atom stereocenters. The molecule has 2 heterocycles. The fraction of sp³-hybridized carbons (Fsp3) is 0.281. The smallest absolute Gasteiger partial charge is 0.409 e. The van der Waals surface area contributed by atoms with Gasteiger partial charge < -0.3 is 26.0 Å². The van der Waals surface area contributed by atoms with E-state index >= 15 is 0 Å². The number of carbonyl (C=O) groups is 3. The highest BCUT2D eigenvalue weighted by molar-refractivity contribution is 6.07. The van der Waals surface area contributed by atoms with Crippen molar-refractivity contribution in [2.45, 2.75) is 45.9 Å². The van der Waals surface area contributed by atoms with Gasteiger partial charge in [0, 0.05) is 54.5 Å². The molecule has 3 amide bonds. The number of carbonyl (C=O) groups excluding carboxylic acids is 3. The van der Waals surface area contributed by atoms with Crippen LogP contribution in [0.3, 0.4) is 0 Å². The van der Waals surface area contributed by atoms with Crippen molar-refractivity contribution in [3.05, 3.63) is 94.8 Å². The molecule has 0 spiro atoms. The van der Waals surface area contributed by atoms with Crippen molar-refractivity contribution in [2.24, 2.45) is 16.5 Å². The first-order valence-corrected chi connectivity index (χ1v) is 14.2. The number of pyridine rings is 1. The van der Waals surface area contributed by atoms with E-state index in [1.807, 2.05) is 36.9 Å². The quantitative estimate of drug-likeness (QED) is 0.239. The van der Waals surface area contributed by atoms with Gasteiger partial charge in [0.15, 0.2) is 6.23 Å². The van der Waals surface area contributed by atoms with Gasteiger partial charge in [-0.15, -0.1) is 0 Å². The molecule has 11 nitrogen and oxygen atoms in total. The number of ether oxygens (including phenoxy) is 1. The number of nitrogens with one attached hydrogen (secondary N) is 2. The van der Waals surface area contributed by atoms with Gasteiger partial charge in [0.1, 0.15) is 5.84 Å². The summed E-state index contributed by atoms with van der Waals surface area (Å²) >= 11 is 0. The highest BCUT2D eigenvalue weighted by atomic mass is 16.6. The Labute approximate surface area is 251 Å². The normalized spacial score (nSPS) is 13.0. The molecule has 0 saturated heterocycles. The van der Waals surface area contributed by atoms with Crippen LogP contribution in [0.2, 0.25) is 0 Å². The number of rotatable bonds is 11. The van der Waals surface area contributed by atoms with Crippen LogP contribution in [0.4, 0.5) is 16.2 Å². The number of amides is 3. The van der Waals surface area contributed by atoms with Crippen molar-refractivity contribution < 1.29 is 19.1 Å². The Morgan fingerprint density at radius 3 is 2.49 bits per heavy atom. The third-order valence-electron chi connectivity index (χ3n) is 6.66. The zero-order valence-electron chi connectivity index (χ0n) is 24.4. The highest BCUT2D eigenvalue weighted by Gasteiger charge is 2.21. The molecule has 1 aliphatic rings. The summed E-state index contributed by atoms with van der Waals surface area (Å²) in [5.41, 5.74) is 16.0. The Morgan fingerprint density at radius 1 is 1.02 bits per heavy atom. The zero-order chi connectivity index (χ0) is 30.8. The van der Waals surface area contributed by atoms with Crippen LogP contribution in [0.25, 0.3) is 6.08 Å². The standard InChI is InChI=1S/C32H37N7O4/c1-3-12-39(13-4-2)31(41)25-15-23-10-11-24(16-27(23)38-28(33)17-25)30(40)37-26-14-21(18-35-20-26)19-36-32(42)43-29(34)22-8-6-5-7-9-22/h5-11,14-16,18,20,29H,3-4,12-13,17,19,34H2,1-2H3,(H2,33,38)(H,36,42)(H,37,40). The van der Waals surface area contributed by atoms with Crippen LogP contribution in [0.15, 0.2) is 77.6 Å². The second kappa shape index (κ2) is 14.7. The van der Waals surface area contributed by atoms with Crippen molar-refractivity contribution in [1.29, 1.82) is 0 Å². The second-order valence-electron chi connectivity index (χ2n) is 10.1. The minimum absolute atomic E-state index is 0.0503. The molecule has 1 aliphatic heterocycles. The van der Waals surface area contributed by atoms with Gasteiger partial charge in [-0.1, -0.05) is 50.2 Å². The van der Waals surface area contributed by atoms with Crippen LogP contribution >= 0.6 is 0 Å². The summed E-state index contributed by atoms with van der Waals surface area (Å²) in [4.78, 5) is 49.0. The van der Waals surface area contributed by atoms with E-state index in [0.717, 1.165) is 12.8 Å². The molecule has 4 rings (SSSR count). The SMILES string of the molecule is CCCN(CCC)C(=O)C1=Cc2ccc(C(=O)Nc3cncc(CNC(=O)OC(N)c4ccccc4)c3)cc2N=C(N)C1. The molecule has 0 saturated carbocycles. The van der Waals surface area contributed by atoms with E-state index in [4.69, 9.17) is 16.2 Å². The summed E-state index contributed by atoms with van der Waals surface area (Å²) in [6.07, 6.45) is 5.26. The number of hydrogen-bond donors (Lipinski definition) is 4. The summed E-state index contributed by atoms with van der Waals surface area (Å²) in [6.45, 7) is 5.54. The molecule has 0 fully saturated rings. The average Bonchev–Trinajstić information content (AvgIpc) is 3.17. The van der Waals surface area contributed by atoms with Gasteiger partial charge in [0.05, 0.1) is 17.6 Å². The molecule has 11 heteroatoms. The van der Waals surface area contributed by atoms with Crippen molar-refractivity contribution in [3.8, 4) is 0 Å². The van der Waals surface area contributed by atoms with E-state index in [9.17, 15) is 14.4 Å². The van der Waals surface area contributed by atoms with Gasteiger partial charge in [-0.05, 0) is 42.7 Å². The van der Waals surface area contributed by atoms with Gasteiger partial charge >= 0.3 is 6.09 Å². The fourth-order valence-corrected chi connectivity index (χ4v) is 4.62. The predicted octanol–water partition coefficient (Wildman–Crippen LogP) is 4.64. The number of benzene rings is 2. The maximum absolute atomic E-state index is 13.2. The average molecular weight is 584 g/mol. The molecule has 0 bridgehead atoms. The number of aliphatic imine (C=N–C) groups is 1. The summed E-state index contributed by atoms with van der Waals surface area (Å²) in [5, 5.41) is 5.46. The van der Waals surface area contributed by atoms with Gasteiger partial charge in [0.2, 0.25) is 5.91 Å². The van der Waals surface area contributed by atoms with Crippen LogP contribution in [-0.4, -0.2) is 46.7 Å². The van der Waals surface area contributed by atoms with E-state index < -0.39 is 12.3 Å². The van der Waals surface area contributed by atoms with Crippen molar-refractivity contribution in [3.63, 3.8) is 0 Å². The van der Waals surface area contributed by atoms with Crippen LogP contribution in [-0.2, 0) is 16.1 Å². The third-order valence-corrected chi connectivity index (χ3v) is 6.66. The Bertz CT molecular complexity index is 1520. The Hall–Kier alpha value is -5.03. The van der Waals surface area contributed by atoms with Crippen molar-refractivity contribution in [1.82, 2.24) is 15.2 Å². The molecule has 43 heavy (non-hydrogen) atoms. The Morgan fingerprint density at radius 2 is 1.77 bits per heavy atom. The Kier molecular flexibility index (Phi) is 10.6. The lowest BCUT2D eigenvalue weighted by atomic mass is 10.0. The lowest BCUT2D eigenvalue weighted by Gasteiger charge is -2.22. The maximum Gasteiger partial charge on any atom is 0.409 e. The molecule has 1 atom stereocenters. The van der Waals surface area contributed by atoms with Crippen molar-refractivity contribution in [2.75, 3.05) is 18.4 Å². The lowest BCUT2D eigenvalue weighted by molar-refractivity contribution is -0.127. The molecular weight excluding hydrogens is 546 g/mol. The second-order valence-corrected chi connectivity index (χ2v) is 10.1. The lowest BCUT2D eigenvalue weighted by Crippen LogP contribution is -2.34. The van der Waals surface area contributed by atoms with Crippen molar-refractivity contribution >= 4 is 41.2 Å². The third kappa shape index (κ3) is 8.49. The molecule has 224 valence electrons. The van der Waals surface area contributed by atoms with Gasteiger partial charge in [-0.2, -0.15) is 0 Å². The van der Waals surface area contributed by atoms with Crippen LogP contribution in [0.1, 0.15) is 66.4 Å². The topological polar surface area (TPSA) is 165 Å². The number of nitrogens with zero attached hydrogens (tertiary/aromatic N) is 3. The van der Waals surface area contributed by atoms with Crippen LogP contribution in [0.5, 0.6) is 0 Å². The first-order chi connectivity index (χ1) is 20.8. The number of hydrogen-bond acceptors (Lipinski definition) is 8. The number of alkyl carbamates (subject to hydrolysis) is 1. The maximum atomic E-state index is 13.2. The summed E-state index contributed by atoms with van der Waals surface area (Å²) in [5.74, 6) is -0.125. The molecule has 6 N–H and O–H groups in total. The monoisotopic (exact) mass is 583 g/mol. The van der Waals surface area contributed by atoms with E-state index in [1.165, 1.54) is 6.20 Å². The number of aromatic nitrogens is 1. The van der Waals surface area contributed by atoms with Crippen LogP contribution in [0, 0.1) is 0 Å². The number of anilines is 1. The van der Waals surface area contributed by atoms with Gasteiger partial charge in [-0.3, -0.25) is 20.3 Å². The summed E-state index contributed by atoms with van der Waals surface area (Å²) < 4.78 is 5.22. The number of nitrogens with two attached hydrogens (primary N) is 2. The largest absolute Gasteiger partial charge is 0.426 e. The highest BCUT2D eigenvalue weighted by Crippen LogP contribution is 2.29. The summed E-state index contributed by atoms with van der Waals surface area (Å²) in [6, 6.07) is 15.8. The number of fused-ring (bicyclic) bond motifs is 1. The predicted molar refractivity (Wildman–Crippen MR) is 166 cm³/mol. The fourth-order valence-electron chi connectivity index (χ4n) is 4.62. The van der Waals surface area contributed by atoms with E-state index in [-0.39, 0.29) is 24.8 Å². The minimum Gasteiger partial charge on any atom is -0.426 e.